The average Bonchev–Trinajstić information content (AvgIpc) is 2.35. The van der Waals surface area contributed by atoms with Gasteiger partial charge in [0.15, 0.2) is 0 Å². The largest absolute Gasteiger partial charge is 0.462 e. The number of rotatable bonds is 3. The molecule has 1 amide bonds. The quantitative estimate of drug-likeness (QED) is 0.559. The number of esters is 1. The number of ether oxygens (including phenoxy) is 1. The van der Waals surface area contributed by atoms with Gasteiger partial charge in [0.25, 0.3) is 0 Å². The Bertz CT molecular complexity index is 248. The lowest BCUT2D eigenvalue weighted by molar-refractivity contribution is -0.160. The molecule has 1 saturated carbocycles. The third kappa shape index (κ3) is 3.20. The Morgan fingerprint density at radius 2 is 1.94 bits per heavy atom. The van der Waals surface area contributed by atoms with Crippen molar-refractivity contribution in [3.63, 3.8) is 0 Å². The summed E-state index contributed by atoms with van der Waals surface area (Å²) in [5.41, 5.74) is 0. The second-order valence-corrected chi connectivity index (χ2v) is 4.01. The minimum atomic E-state index is -0.848. The van der Waals surface area contributed by atoms with Crippen molar-refractivity contribution in [2.45, 2.75) is 38.1 Å². The predicted molar refractivity (Wildman–Crippen MR) is 57.7 cm³/mol. The van der Waals surface area contributed by atoms with Crippen LogP contribution in [0.3, 0.4) is 0 Å². The average molecular weight is 229 g/mol. The molecule has 0 aliphatic heterocycles. The molecular formula is C11H19NO4. The molecule has 0 radical (unpaired) electrons. The van der Waals surface area contributed by atoms with E-state index in [9.17, 15) is 9.59 Å². The number of methoxy groups -OCH3 is 1. The molecule has 0 spiro atoms. The van der Waals surface area contributed by atoms with Gasteiger partial charge in [-0.05, 0) is 12.8 Å². The van der Waals surface area contributed by atoms with Gasteiger partial charge >= 0.3 is 11.9 Å². The first-order chi connectivity index (χ1) is 7.70. The zero-order valence-corrected chi connectivity index (χ0v) is 9.65. The van der Waals surface area contributed by atoms with Crippen molar-refractivity contribution in [2.75, 3.05) is 20.3 Å². The smallest absolute Gasteiger partial charge is 0.396 e. The number of hydrogen-bond acceptors (Lipinski definition) is 4. The second kappa shape index (κ2) is 6.48. The summed E-state index contributed by atoms with van der Waals surface area (Å²) >= 11 is 0. The van der Waals surface area contributed by atoms with Crippen LogP contribution in [0.25, 0.3) is 0 Å². The van der Waals surface area contributed by atoms with Crippen molar-refractivity contribution in [2.24, 2.45) is 0 Å². The second-order valence-electron chi connectivity index (χ2n) is 4.01. The Kier molecular flexibility index (Phi) is 5.25. The Balaban J connectivity index is 2.64. The van der Waals surface area contributed by atoms with Crippen molar-refractivity contribution >= 4 is 11.9 Å². The van der Waals surface area contributed by atoms with Crippen molar-refractivity contribution in [3.8, 4) is 0 Å². The molecule has 0 unspecified atom stereocenters. The van der Waals surface area contributed by atoms with Crippen LogP contribution in [0, 0.1) is 0 Å². The fourth-order valence-electron chi connectivity index (χ4n) is 2.15. The minimum Gasteiger partial charge on any atom is -0.462 e. The molecule has 1 aliphatic rings. The molecule has 0 aromatic rings. The van der Waals surface area contributed by atoms with E-state index in [0.717, 1.165) is 25.7 Å². The first-order valence-electron chi connectivity index (χ1n) is 5.70. The third-order valence-electron chi connectivity index (χ3n) is 2.98. The van der Waals surface area contributed by atoms with Crippen molar-refractivity contribution in [1.82, 2.24) is 4.90 Å². The number of aliphatic hydroxyl groups excluding tert-OH is 1. The van der Waals surface area contributed by atoms with Gasteiger partial charge in [0.2, 0.25) is 0 Å². The summed E-state index contributed by atoms with van der Waals surface area (Å²) in [4.78, 5) is 24.3. The van der Waals surface area contributed by atoms with E-state index < -0.39 is 11.9 Å². The van der Waals surface area contributed by atoms with E-state index in [1.165, 1.54) is 18.4 Å². The molecule has 16 heavy (non-hydrogen) atoms. The van der Waals surface area contributed by atoms with Crippen LogP contribution in [0.1, 0.15) is 32.1 Å². The molecule has 92 valence electrons. The summed E-state index contributed by atoms with van der Waals surface area (Å²) in [7, 11) is 1.19. The highest BCUT2D eigenvalue weighted by molar-refractivity contribution is 6.32. The highest BCUT2D eigenvalue weighted by Crippen LogP contribution is 2.22. The minimum absolute atomic E-state index is 0.0764. The van der Waals surface area contributed by atoms with E-state index in [-0.39, 0.29) is 19.2 Å². The van der Waals surface area contributed by atoms with Gasteiger partial charge in [-0.15, -0.1) is 0 Å². The molecule has 1 N–H and O–H groups in total. The summed E-state index contributed by atoms with van der Waals surface area (Å²) in [5, 5.41) is 8.92. The summed E-state index contributed by atoms with van der Waals surface area (Å²) in [6.07, 6.45) is 5.13. The van der Waals surface area contributed by atoms with Crippen LogP contribution in [0.2, 0.25) is 0 Å². The molecule has 0 aromatic heterocycles. The zero-order valence-electron chi connectivity index (χ0n) is 9.65. The Labute approximate surface area is 95.4 Å². The van der Waals surface area contributed by atoms with Crippen LogP contribution in [-0.4, -0.2) is 48.2 Å². The number of hydrogen-bond donors (Lipinski definition) is 1. The van der Waals surface area contributed by atoms with Gasteiger partial charge in [-0.2, -0.15) is 0 Å². The lowest BCUT2D eigenvalue weighted by Crippen LogP contribution is -2.46. The fraction of sp³-hybridized carbons (Fsp3) is 0.818. The van der Waals surface area contributed by atoms with Crippen LogP contribution >= 0.6 is 0 Å². The number of aliphatic hydroxyl groups is 1. The van der Waals surface area contributed by atoms with E-state index in [2.05, 4.69) is 4.74 Å². The first kappa shape index (κ1) is 13.0. The highest BCUT2D eigenvalue weighted by Gasteiger charge is 2.29. The normalized spacial score (nSPS) is 16.9. The summed E-state index contributed by atoms with van der Waals surface area (Å²) in [5.74, 6) is -1.48. The molecule has 5 heteroatoms. The van der Waals surface area contributed by atoms with E-state index in [1.807, 2.05) is 0 Å². The topological polar surface area (TPSA) is 66.8 Å². The standard InChI is InChI=1S/C11H19NO4/c1-16-11(15)10(14)12(7-8-13)9-5-3-2-4-6-9/h9,13H,2-8H2,1H3. The molecular weight excluding hydrogens is 210 g/mol. The number of carbonyl (C=O) groups excluding carboxylic acids is 2. The molecule has 1 aliphatic carbocycles. The van der Waals surface area contributed by atoms with Gasteiger partial charge in [0.1, 0.15) is 0 Å². The molecule has 1 rings (SSSR count). The molecule has 0 bridgehead atoms. The lowest BCUT2D eigenvalue weighted by Gasteiger charge is -2.33. The Hall–Kier alpha value is -1.10. The Morgan fingerprint density at radius 1 is 1.31 bits per heavy atom. The molecule has 0 atom stereocenters. The lowest BCUT2D eigenvalue weighted by atomic mass is 9.94. The van der Waals surface area contributed by atoms with Crippen LogP contribution in [0.15, 0.2) is 0 Å². The zero-order chi connectivity index (χ0) is 12.0. The van der Waals surface area contributed by atoms with Crippen LogP contribution in [0.5, 0.6) is 0 Å². The summed E-state index contributed by atoms with van der Waals surface area (Å²) in [6, 6.07) is 0.0764. The molecule has 1 fully saturated rings. The van der Waals surface area contributed by atoms with E-state index in [4.69, 9.17) is 5.11 Å². The van der Waals surface area contributed by atoms with Gasteiger partial charge < -0.3 is 14.7 Å². The number of nitrogens with zero attached hydrogens (tertiary/aromatic N) is 1. The monoisotopic (exact) mass is 229 g/mol. The SMILES string of the molecule is COC(=O)C(=O)N(CCO)C1CCCCC1. The van der Waals surface area contributed by atoms with Gasteiger partial charge in [-0.3, -0.25) is 4.79 Å². The van der Waals surface area contributed by atoms with Gasteiger partial charge in [-0.1, -0.05) is 19.3 Å². The van der Waals surface area contributed by atoms with Crippen molar-refractivity contribution < 1.29 is 19.4 Å². The van der Waals surface area contributed by atoms with Crippen molar-refractivity contribution in [1.29, 1.82) is 0 Å². The molecule has 5 nitrogen and oxygen atoms in total. The van der Waals surface area contributed by atoms with E-state index in [1.54, 1.807) is 0 Å². The maximum Gasteiger partial charge on any atom is 0.396 e. The molecule has 0 aromatic carbocycles. The van der Waals surface area contributed by atoms with Crippen LogP contribution in [-0.2, 0) is 14.3 Å². The number of amides is 1. The Morgan fingerprint density at radius 3 is 2.44 bits per heavy atom. The summed E-state index contributed by atoms with van der Waals surface area (Å²) < 4.78 is 4.42. The highest BCUT2D eigenvalue weighted by atomic mass is 16.5. The summed E-state index contributed by atoms with van der Waals surface area (Å²) in [6.45, 7) is 0.0812. The molecule has 0 heterocycles. The first-order valence-corrected chi connectivity index (χ1v) is 5.70. The van der Waals surface area contributed by atoms with Crippen molar-refractivity contribution in [3.05, 3.63) is 0 Å². The van der Waals surface area contributed by atoms with Gasteiger partial charge in [0.05, 0.1) is 13.7 Å². The van der Waals surface area contributed by atoms with Gasteiger partial charge in [-0.25, -0.2) is 4.79 Å². The predicted octanol–water partition coefficient (Wildman–Crippen LogP) is 0.313. The third-order valence-corrected chi connectivity index (χ3v) is 2.98. The van der Waals surface area contributed by atoms with Crippen LogP contribution < -0.4 is 0 Å². The fourth-order valence-corrected chi connectivity index (χ4v) is 2.15. The maximum absolute atomic E-state index is 11.7. The molecule has 0 saturated heterocycles. The van der Waals surface area contributed by atoms with Gasteiger partial charge in [0, 0.05) is 12.6 Å². The maximum atomic E-state index is 11.7. The van der Waals surface area contributed by atoms with E-state index in [0.29, 0.717) is 0 Å². The number of carbonyl (C=O) groups is 2. The van der Waals surface area contributed by atoms with Crippen LogP contribution in [0.4, 0.5) is 0 Å². The van der Waals surface area contributed by atoms with E-state index >= 15 is 0 Å².